The van der Waals surface area contributed by atoms with Crippen molar-refractivity contribution in [2.75, 3.05) is 19.8 Å². The van der Waals surface area contributed by atoms with Crippen molar-refractivity contribution < 1.29 is 114 Å². The van der Waals surface area contributed by atoms with Gasteiger partial charge in [-0.3, -0.25) is 19.2 Å². The van der Waals surface area contributed by atoms with E-state index < -0.39 is 192 Å². The van der Waals surface area contributed by atoms with E-state index >= 15 is 9.59 Å². The molecule has 0 spiro atoms. The third-order valence-electron chi connectivity index (χ3n) is 14.8. The summed E-state index contributed by atoms with van der Waals surface area (Å²) in [5.41, 5.74) is 11.0. The van der Waals surface area contributed by atoms with Gasteiger partial charge in [0.05, 0.1) is 29.9 Å². The van der Waals surface area contributed by atoms with Crippen molar-refractivity contribution in [1.82, 2.24) is 21.3 Å². The number of benzene rings is 5. The summed E-state index contributed by atoms with van der Waals surface area (Å²) in [6, 6.07) is 4.17. The molecule has 0 radical (unpaired) electrons. The molecule has 5 heterocycles. The number of carboxylic acid groups (broad SMARTS) is 1. The number of ether oxygens (including phenoxy) is 6. The topological polar surface area (TPSA) is 484 Å². The fourth-order valence-corrected chi connectivity index (χ4v) is 10.8. The number of nitrogens with two attached hydrogens (primary N) is 2. The Hall–Kier alpha value is -7.69. The number of carboxylic acids is 1. The maximum atomic E-state index is 15.5. The summed E-state index contributed by atoms with van der Waals surface area (Å²) in [4.78, 5) is 72.3. The van der Waals surface area contributed by atoms with Crippen molar-refractivity contribution in [2.45, 2.75) is 111 Å². The lowest BCUT2D eigenvalue weighted by Crippen LogP contribution is -2.65. The predicted octanol–water partition coefficient (Wildman–Crippen LogP) is -0.985. The zero-order valence-electron chi connectivity index (χ0n) is 45.3. The van der Waals surface area contributed by atoms with E-state index in [4.69, 9.17) is 63.1 Å². The molecule has 5 aliphatic rings. The number of amides is 4. The van der Waals surface area contributed by atoms with Gasteiger partial charge in [0.2, 0.25) is 35.7 Å². The molecule has 0 aromatic heterocycles. The van der Waals surface area contributed by atoms with Crippen molar-refractivity contribution in [3.05, 3.63) is 117 Å². The second-order valence-corrected chi connectivity index (χ2v) is 21.7. The zero-order chi connectivity index (χ0) is 63.0. The molecular formula is C56H60Cl2N6O23. The number of carbonyl (C=O) groups is 5. The highest BCUT2D eigenvalue weighted by Gasteiger charge is 2.50. The Morgan fingerprint density at radius 2 is 1.39 bits per heavy atom. The molecule has 87 heavy (non-hydrogen) atoms. The van der Waals surface area contributed by atoms with Crippen molar-refractivity contribution in [3.63, 3.8) is 0 Å². The largest absolute Gasteiger partial charge is 0.508 e. The van der Waals surface area contributed by atoms with Crippen LogP contribution < -0.4 is 46.9 Å². The van der Waals surface area contributed by atoms with E-state index in [0.717, 1.165) is 55.5 Å². The van der Waals surface area contributed by atoms with Gasteiger partial charge in [0.15, 0.2) is 23.8 Å². The summed E-state index contributed by atoms with van der Waals surface area (Å²) in [6.07, 6.45) is -19.1. The first kappa shape index (κ1) is 63.8. The first-order valence-electron chi connectivity index (χ1n) is 26.6. The highest BCUT2D eigenvalue weighted by Crippen LogP contribution is 2.48. The number of phenols is 3. The normalized spacial score (nSPS) is 28.5. The molecule has 5 aromatic carbocycles. The van der Waals surface area contributed by atoms with Crippen LogP contribution in [0.2, 0.25) is 10.0 Å². The Morgan fingerprint density at radius 1 is 0.701 bits per heavy atom. The van der Waals surface area contributed by atoms with E-state index in [0.29, 0.717) is 5.56 Å². The van der Waals surface area contributed by atoms with Gasteiger partial charge >= 0.3 is 5.97 Å². The second-order valence-electron chi connectivity index (χ2n) is 20.8. The van der Waals surface area contributed by atoms with Gasteiger partial charge in [0, 0.05) is 35.7 Å². The standard InChI is InChI=1S/C56H60Cl2N6O23/c1-19(68)61-42-47(74)45(72)36(17-66)85-55(42)87-50-22-4-7-32(29(58)11-22)83-35-13-23(12-34(44(35)71)82-31-6-2-20(9-28(31)57)8-24(59)16-65)39(60)51(77)62-40-21-3-5-30(70)26(10-21)38-27(41(54(80)81)63-53(79)43(50)64-52(40)78)14-25(69)15-33(38)84-56-49(76)48(75)46(73)37(18-67)86-56/h2-7,9-15,24,36-37,39-43,45-50,55-56,65-67,69-76H,8,16-18,59-60H2,1H3,(H,61,68)(H,62,77)(H,63,79)(H,64,78)(H,80,81)/t24-,36-,37-,39-,40-,41+,42-,43+,45-,46-,47-,48+,49-,50-,55+,56-/m1/s1. The van der Waals surface area contributed by atoms with Crippen molar-refractivity contribution in [3.8, 4) is 57.1 Å². The summed E-state index contributed by atoms with van der Waals surface area (Å²) >= 11 is 13.6. The molecule has 0 saturated carbocycles. The summed E-state index contributed by atoms with van der Waals surface area (Å²) in [5, 5.41) is 140. The molecule has 0 unspecified atom stereocenters. The molecule has 0 aliphatic carbocycles. The number of nitrogens with one attached hydrogen (secondary N) is 4. The minimum atomic E-state index is -2.39. The number of aliphatic hydroxyl groups excluding tert-OH is 8. The second kappa shape index (κ2) is 26.3. The van der Waals surface area contributed by atoms with Crippen LogP contribution in [0.3, 0.4) is 0 Å². The lowest BCUT2D eigenvalue weighted by Gasteiger charge is -2.44. The number of phenolic OH excluding ortho intramolecular Hbond substituents is 3. The molecular weight excluding hydrogens is 1200 g/mol. The Morgan fingerprint density at radius 3 is 2.05 bits per heavy atom. The molecule has 20 N–H and O–H groups in total. The third-order valence-corrected chi connectivity index (χ3v) is 15.4. The number of hydrogen-bond acceptors (Lipinski definition) is 24. The maximum absolute atomic E-state index is 15.5. The van der Waals surface area contributed by atoms with Crippen LogP contribution in [0.5, 0.6) is 46.0 Å². The highest BCUT2D eigenvalue weighted by atomic mass is 35.5. The molecule has 10 rings (SSSR count). The Labute approximate surface area is 502 Å². The van der Waals surface area contributed by atoms with E-state index in [9.17, 15) is 75.7 Å². The van der Waals surface area contributed by atoms with Gasteiger partial charge in [0.25, 0.3) is 0 Å². The number of aliphatic carboxylic acids is 1. The van der Waals surface area contributed by atoms with E-state index in [1.165, 1.54) is 24.3 Å². The number of hydrogen-bond donors (Lipinski definition) is 18. The van der Waals surface area contributed by atoms with Crippen LogP contribution in [-0.2, 0) is 44.6 Å². The number of halogens is 2. The van der Waals surface area contributed by atoms with E-state index in [1.807, 2.05) is 0 Å². The predicted molar refractivity (Wildman–Crippen MR) is 297 cm³/mol. The summed E-state index contributed by atoms with van der Waals surface area (Å²) in [5.74, 6) is -10.8. The van der Waals surface area contributed by atoms with E-state index in [1.54, 1.807) is 6.07 Å². The monoisotopic (exact) mass is 1250 g/mol. The molecule has 5 aromatic rings. The molecule has 31 heteroatoms. The minimum Gasteiger partial charge on any atom is -0.508 e. The molecule has 16 atom stereocenters. The highest BCUT2D eigenvalue weighted by molar-refractivity contribution is 6.32. The first-order valence-corrected chi connectivity index (χ1v) is 27.3. The van der Waals surface area contributed by atoms with Gasteiger partial charge in [-0.25, -0.2) is 4.79 Å². The van der Waals surface area contributed by atoms with Gasteiger partial charge in [-0.2, -0.15) is 0 Å². The quantitative estimate of drug-likeness (QED) is 0.0673. The van der Waals surface area contributed by atoms with E-state index in [-0.39, 0.29) is 51.3 Å². The van der Waals surface area contributed by atoms with Gasteiger partial charge in [-0.15, -0.1) is 0 Å². The molecule has 2 fully saturated rings. The fraction of sp³-hybridized carbons (Fsp3) is 0.375. The summed E-state index contributed by atoms with van der Waals surface area (Å²) in [7, 11) is 0. The molecule has 466 valence electrons. The maximum Gasteiger partial charge on any atom is 0.330 e. The Balaban J connectivity index is 1.27. The molecule has 4 amide bonds. The van der Waals surface area contributed by atoms with Crippen molar-refractivity contribution >= 4 is 52.8 Å². The number of fused-ring (bicyclic) bond motifs is 8. The van der Waals surface area contributed by atoms with Crippen LogP contribution in [0, 0.1) is 0 Å². The van der Waals surface area contributed by atoms with E-state index in [2.05, 4.69) is 21.3 Å². The number of carbonyl (C=O) groups excluding carboxylic acids is 4. The summed E-state index contributed by atoms with van der Waals surface area (Å²) in [6.45, 7) is -1.20. The van der Waals surface area contributed by atoms with Gasteiger partial charge in [0.1, 0.15) is 102 Å². The minimum absolute atomic E-state index is 0.00986. The molecule has 2 saturated heterocycles. The fourth-order valence-electron chi connectivity index (χ4n) is 10.3. The number of aromatic hydroxyl groups is 3. The smallest absolute Gasteiger partial charge is 0.330 e. The van der Waals surface area contributed by atoms with Crippen LogP contribution in [0.1, 0.15) is 59.0 Å². The average Bonchev–Trinajstić information content (AvgIpc) is 1.06. The van der Waals surface area contributed by atoms with Crippen LogP contribution in [-0.4, -0.2) is 184 Å². The Kier molecular flexibility index (Phi) is 19.3. The zero-order valence-corrected chi connectivity index (χ0v) is 46.9. The van der Waals surface area contributed by atoms with Crippen LogP contribution in [0.4, 0.5) is 0 Å². The lowest BCUT2D eigenvalue weighted by atomic mass is 9.89. The van der Waals surface area contributed by atoms with Crippen LogP contribution in [0.15, 0.2) is 78.9 Å². The van der Waals surface area contributed by atoms with Crippen LogP contribution >= 0.6 is 23.2 Å². The van der Waals surface area contributed by atoms with Crippen molar-refractivity contribution in [1.29, 1.82) is 0 Å². The molecule has 8 bridgehead atoms. The number of aliphatic hydroxyl groups is 8. The molecule has 29 nitrogen and oxygen atoms in total. The van der Waals surface area contributed by atoms with Gasteiger partial charge in [-0.05, 0) is 83.3 Å². The van der Waals surface area contributed by atoms with Gasteiger partial charge in [-0.1, -0.05) is 41.4 Å². The van der Waals surface area contributed by atoms with Gasteiger partial charge < -0.3 is 122 Å². The lowest BCUT2D eigenvalue weighted by molar-refractivity contribution is -0.284. The average molecular weight is 1260 g/mol. The SMILES string of the molecule is CC(=O)N[C@H]1[C@H](O[C@@H]2c3ccc(c(Cl)c3)Oc3cc(cc(Oc4ccc(C[C@@H](N)CO)cc4Cl)c3O)[C@@H](N)C(=O)N[C@H]3C(=O)N[C@@H]2C(=O)N[C@H](C(=O)O)c2cc(O)cc(O[C@@H]4O[C@H](CO)[C@@H](O)[C@H](O)[C@H]4O)c2-c2cc3ccc2O)O[C@H](CO)[C@@H](O)[C@@H]1O. The molecule has 5 aliphatic heterocycles. The third kappa shape index (κ3) is 13.3. The Bertz CT molecular complexity index is 3450. The first-order chi connectivity index (χ1) is 41.3. The number of rotatable bonds is 13. The van der Waals surface area contributed by atoms with Crippen molar-refractivity contribution in [2.24, 2.45) is 11.5 Å². The summed E-state index contributed by atoms with van der Waals surface area (Å²) < 4.78 is 36.3. The van der Waals surface area contributed by atoms with Crippen LogP contribution in [0.25, 0.3) is 11.1 Å².